The Morgan fingerprint density at radius 2 is 0.648 bits per heavy atom. The second-order valence-electron chi connectivity index (χ2n) is 28.6. The lowest BCUT2D eigenvalue weighted by molar-refractivity contribution is -0.870. The van der Waals surface area contributed by atoms with Crippen LogP contribution in [0.3, 0.4) is 0 Å². The summed E-state index contributed by atoms with van der Waals surface area (Å²) < 4.78 is 30.9. The molecule has 3 atom stereocenters. The van der Waals surface area contributed by atoms with Crippen LogP contribution in [0.1, 0.15) is 425 Å². The first-order valence-electron chi connectivity index (χ1n) is 39.5. The number of rotatable bonds is 74. The van der Waals surface area contributed by atoms with Crippen LogP contribution in [0.2, 0.25) is 0 Å². The van der Waals surface area contributed by atoms with Gasteiger partial charge in [-0.25, -0.2) is 4.57 Å². The van der Waals surface area contributed by atoms with E-state index in [2.05, 4.69) is 32.2 Å². The van der Waals surface area contributed by atoms with Crippen molar-refractivity contribution in [2.24, 2.45) is 0 Å². The van der Waals surface area contributed by atoms with Gasteiger partial charge >= 0.3 is 13.8 Å². The Morgan fingerprint density at radius 1 is 0.386 bits per heavy atom. The Kier molecular flexibility index (Phi) is 67.6. The van der Waals surface area contributed by atoms with E-state index >= 15 is 0 Å². The minimum absolute atomic E-state index is 0.0463. The Labute approximate surface area is 550 Å². The van der Waals surface area contributed by atoms with E-state index in [1.54, 1.807) is 0 Å². The number of esters is 1. The molecule has 0 fully saturated rings. The van der Waals surface area contributed by atoms with E-state index in [1.807, 2.05) is 27.2 Å². The summed E-state index contributed by atoms with van der Waals surface area (Å²) in [4.78, 5) is 38.0. The van der Waals surface area contributed by atoms with Gasteiger partial charge in [-0.05, 0) is 31.8 Å². The molecule has 10 heteroatoms. The minimum atomic E-state index is -4.45. The zero-order valence-electron chi connectivity index (χ0n) is 60.3. The first-order valence-corrected chi connectivity index (χ1v) is 41.0. The quantitative estimate of drug-likeness (QED) is 0.0205. The Balaban J connectivity index is 4.88. The molecule has 0 saturated carbocycles. The molecule has 2 N–H and O–H groups in total. The molecule has 0 heterocycles. The van der Waals surface area contributed by atoms with Crippen molar-refractivity contribution in [3.63, 3.8) is 0 Å². The van der Waals surface area contributed by atoms with Crippen molar-refractivity contribution in [3.05, 3.63) is 12.2 Å². The summed E-state index contributed by atoms with van der Waals surface area (Å²) in [7, 11) is 1.53. The molecule has 0 aliphatic heterocycles. The normalized spacial score (nSPS) is 13.4. The van der Waals surface area contributed by atoms with Gasteiger partial charge in [-0.1, -0.05) is 393 Å². The highest BCUT2D eigenvalue weighted by molar-refractivity contribution is 7.47. The summed E-state index contributed by atoms with van der Waals surface area (Å²) in [5, 5.41) is 3.09. The van der Waals surface area contributed by atoms with Crippen LogP contribution in [0.4, 0.5) is 0 Å². The van der Waals surface area contributed by atoms with Crippen LogP contribution in [0.25, 0.3) is 0 Å². The van der Waals surface area contributed by atoms with Crippen LogP contribution < -0.4 is 5.32 Å². The molecule has 0 aliphatic carbocycles. The van der Waals surface area contributed by atoms with Gasteiger partial charge in [0.15, 0.2) is 0 Å². The lowest BCUT2D eigenvalue weighted by Crippen LogP contribution is -2.47. The number of phosphoric ester groups is 1. The Hall–Kier alpha value is -1.25. The molecule has 0 aromatic rings. The summed E-state index contributed by atoms with van der Waals surface area (Å²) >= 11 is 0. The largest absolute Gasteiger partial charge is 0.472 e. The molecule has 3 unspecified atom stereocenters. The molecule has 1 amide bonds. The number of nitrogens with zero attached hydrogens (tertiary/aromatic N) is 1. The number of phosphoric acid groups is 1. The minimum Gasteiger partial charge on any atom is -0.456 e. The van der Waals surface area contributed by atoms with Crippen LogP contribution in [0.5, 0.6) is 0 Å². The van der Waals surface area contributed by atoms with Gasteiger partial charge in [0.25, 0.3) is 0 Å². The topological polar surface area (TPSA) is 111 Å². The standard InChI is InChI=1S/C78H155N2O7P/c1-7-10-13-16-19-22-25-28-30-32-34-36-38-39-40-41-43-44-46-48-50-52-55-58-61-64-67-70-77(81)79-75(74-86-88(83,84)85-73-72-80(4,5)6)76(69-66-63-60-57-54-27-24-21-18-15-12-9-3)87-78(82)71-68-65-62-59-56-53-51-49-47-45-42-37-35-33-31-29-26-23-20-17-14-11-8-2/h66,69,75-76H,7-65,67-68,70-74H2,1-6H3,(H-,79,81,83,84)/p+1/b69-66+. The fraction of sp³-hybridized carbons (Fsp3) is 0.949. The number of carbonyl (C=O) groups excluding carboxylic acids is 2. The number of carbonyl (C=O) groups is 2. The van der Waals surface area contributed by atoms with E-state index in [-0.39, 0.29) is 25.1 Å². The molecule has 9 nitrogen and oxygen atoms in total. The van der Waals surface area contributed by atoms with Gasteiger partial charge in [0.1, 0.15) is 19.3 Å². The summed E-state index contributed by atoms with van der Waals surface area (Å²) in [5.41, 5.74) is 0. The van der Waals surface area contributed by atoms with E-state index in [9.17, 15) is 19.0 Å². The number of hydrogen-bond donors (Lipinski definition) is 2. The van der Waals surface area contributed by atoms with Crippen LogP contribution in [0.15, 0.2) is 12.2 Å². The molecular formula is C78H156N2O7P+. The number of likely N-dealkylation sites (N-methyl/N-ethyl adjacent to an activating group) is 1. The molecule has 0 rings (SSSR count). The molecule has 0 aromatic carbocycles. The van der Waals surface area contributed by atoms with Crippen molar-refractivity contribution >= 4 is 19.7 Å². The average molecular weight is 1270 g/mol. The van der Waals surface area contributed by atoms with Gasteiger partial charge in [0.2, 0.25) is 5.91 Å². The number of nitrogens with one attached hydrogen (secondary N) is 1. The number of unbranched alkanes of at least 4 members (excludes halogenated alkanes) is 58. The second kappa shape index (κ2) is 68.6. The Morgan fingerprint density at radius 3 is 0.932 bits per heavy atom. The molecule has 0 bridgehead atoms. The number of amides is 1. The zero-order valence-corrected chi connectivity index (χ0v) is 61.2. The van der Waals surface area contributed by atoms with E-state index in [1.165, 1.54) is 334 Å². The second-order valence-corrected chi connectivity index (χ2v) is 30.1. The third kappa shape index (κ3) is 69.1. The van der Waals surface area contributed by atoms with E-state index in [0.29, 0.717) is 23.9 Å². The molecule has 0 radical (unpaired) electrons. The first kappa shape index (κ1) is 86.8. The maximum absolute atomic E-state index is 13.7. The summed E-state index contributed by atoms with van der Waals surface area (Å²) in [5.74, 6) is -0.473. The van der Waals surface area contributed by atoms with Crippen LogP contribution in [-0.2, 0) is 27.9 Å². The van der Waals surface area contributed by atoms with Crippen molar-refractivity contribution in [1.29, 1.82) is 0 Å². The van der Waals surface area contributed by atoms with Gasteiger partial charge in [-0.3, -0.25) is 18.6 Å². The van der Waals surface area contributed by atoms with Crippen LogP contribution >= 0.6 is 7.82 Å². The van der Waals surface area contributed by atoms with Gasteiger partial charge in [0, 0.05) is 12.8 Å². The first-order chi connectivity index (χ1) is 42.9. The van der Waals surface area contributed by atoms with Crippen LogP contribution in [-0.4, -0.2) is 74.3 Å². The predicted octanol–water partition coefficient (Wildman–Crippen LogP) is 25.4. The molecule has 88 heavy (non-hydrogen) atoms. The van der Waals surface area contributed by atoms with Gasteiger partial charge < -0.3 is 19.4 Å². The SMILES string of the molecule is CCCCCCCCCCCC/C=C/C(OC(=O)CCCCCCCCCCCCCCCCCCCCCCCCC)C(COP(=O)(O)OCC[N+](C)(C)C)NC(=O)CCCCCCCCCCCCCCCCCCCCCCCCCCCCC. The highest BCUT2D eigenvalue weighted by atomic mass is 31.2. The highest BCUT2D eigenvalue weighted by Crippen LogP contribution is 2.43. The molecule has 0 saturated heterocycles. The van der Waals surface area contributed by atoms with Crippen molar-refractivity contribution in [3.8, 4) is 0 Å². The third-order valence-corrected chi connectivity index (χ3v) is 19.5. The zero-order chi connectivity index (χ0) is 64.2. The monoisotopic (exact) mass is 1260 g/mol. The molecular weight excluding hydrogens is 1110 g/mol. The highest BCUT2D eigenvalue weighted by Gasteiger charge is 2.30. The van der Waals surface area contributed by atoms with Gasteiger partial charge in [-0.2, -0.15) is 0 Å². The summed E-state index contributed by atoms with van der Waals surface area (Å²) in [6, 6.07) is -0.842. The summed E-state index contributed by atoms with van der Waals surface area (Å²) in [6.45, 7) is 7.11. The van der Waals surface area contributed by atoms with Crippen molar-refractivity contribution in [2.45, 2.75) is 437 Å². The number of ether oxygens (including phenoxy) is 1. The predicted molar refractivity (Wildman–Crippen MR) is 383 cm³/mol. The van der Waals surface area contributed by atoms with Crippen molar-refractivity contribution < 1.29 is 37.3 Å². The number of quaternary nitrogens is 1. The van der Waals surface area contributed by atoms with E-state index < -0.39 is 20.0 Å². The van der Waals surface area contributed by atoms with Crippen molar-refractivity contribution in [2.75, 3.05) is 40.9 Å². The average Bonchev–Trinajstić information content (AvgIpc) is 3.61. The molecule has 0 aromatic heterocycles. The molecule has 0 spiro atoms. The molecule has 0 aliphatic rings. The Bertz CT molecular complexity index is 1500. The smallest absolute Gasteiger partial charge is 0.456 e. The van der Waals surface area contributed by atoms with Gasteiger partial charge in [-0.15, -0.1) is 0 Å². The fourth-order valence-corrected chi connectivity index (χ4v) is 13.2. The van der Waals surface area contributed by atoms with E-state index in [4.69, 9.17) is 13.8 Å². The number of hydrogen-bond acceptors (Lipinski definition) is 6. The maximum atomic E-state index is 13.7. The van der Waals surface area contributed by atoms with Crippen molar-refractivity contribution in [1.82, 2.24) is 5.32 Å². The fourth-order valence-electron chi connectivity index (χ4n) is 12.4. The van der Waals surface area contributed by atoms with Crippen LogP contribution in [0, 0.1) is 0 Å². The maximum Gasteiger partial charge on any atom is 0.472 e. The number of allylic oxidation sites excluding steroid dienone is 1. The van der Waals surface area contributed by atoms with E-state index in [0.717, 1.165) is 57.8 Å². The van der Waals surface area contributed by atoms with Gasteiger partial charge in [0.05, 0.1) is 33.8 Å². The molecule has 524 valence electrons. The lowest BCUT2D eigenvalue weighted by Gasteiger charge is -2.27. The third-order valence-electron chi connectivity index (χ3n) is 18.5. The summed E-state index contributed by atoms with van der Waals surface area (Å²) in [6.07, 6.45) is 84.0. The lowest BCUT2D eigenvalue weighted by atomic mass is 10.0.